The minimum absolute atomic E-state index is 0.0264. The molecule has 0 fully saturated rings. The molecule has 2 N–H and O–H groups in total. The molecule has 1 aromatic heterocycles. The van der Waals surface area contributed by atoms with E-state index in [0.717, 1.165) is 26.9 Å². The fourth-order valence-corrected chi connectivity index (χ4v) is 5.11. The number of nitrogens with zero attached hydrogens (tertiary/aromatic N) is 1. The number of anilines is 2. The Bertz CT molecular complexity index is 1570. The van der Waals surface area contributed by atoms with Gasteiger partial charge in [0.2, 0.25) is 5.91 Å². The minimum Gasteiger partial charge on any atom is -0.322 e. The Morgan fingerprint density at radius 2 is 1.67 bits per heavy atom. The molecule has 8 heteroatoms. The number of hydrogen-bond donors (Lipinski definition) is 2. The second kappa shape index (κ2) is 10.7. The Hall–Kier alpha value is -4.01. The fourth-order valence-electron chi connectivity index (χ4n) is 3.62. The maximum Gasteiger partial charge on any atom is 0.258 e. The predicted octanol–water partition coefficient (Wildman–Crippen LogP) is 7.09. The number of rotatable bonds is 7. The van der Waals surface area contributed by atoms with Crippen LogP contribution in [0.4, 0.5) is 15.2 Å². The van der Waals surface area contributed by atoms with Crippen LogP contribution in [0.5, 0.6) is 0 Å². The highest BCUT2D eigenvalue weighted by molar-refractivity contribution is 8.00. The molecule has 36 heavy (non-hydrogen) atoms. The Labute approximate surface area is 215 Å². The highest BCUT2D eigenvalue weighted by Crippen LogP contribution is 2.28. The molecule has 0 saturated heterocycles. The van der Waals surface area contributed by atoms with E-state index in [1.807, 2.05) is 29.6 Å². The number of hydrogen-bond acceptors (Lipinski definition) is 5. The lowest BCUT2D eigenvalue weighted by Gasteiger charge is -2.08. The Morgan fingerprint density at radius 3 is 2.53 bits per heavy atom. The van der Waals surface area contributed by atoms with Crippen LogP contribution in [0.15, 0.2) is 101 Å². The lowest BCUT2D eigenvalue weighted by molar-refractivity contribution is -0.113. The standard InChI is InChI=1S/C28H20FN3O2S2/c29-24-11-4-3-10-23(24)27(34)30-21-8-5-9-22(15-21)35-17-26(33)32-28-31-25(16-36-28)20-13-12-18-6-1-2-7-19(18)14-20/h1-16H,17H2,(H,30,34)(H,31,32,33). The molecule has 0 saturated carbocycles. The number of halogens is 1. The number of fused-ring (bicyclic) bond motifs is 1. The number of thioether (sulfide) groups is 1. The first-order valence-corrected chi connectivity index (χ1v) is 12.9. The van der Waals surface area contributed by atoms with Gasteiger partial charge in [-0.15, -0.1) is 23.1 Å². The summed E-state index contributed by atoms with van der Waals surface area (Å²) in [4.78, 5) is 30.2. The van der Waals surface area contributed by atoms with E-state index < -0.39 is 11.7 Å². The summed E-state index contributed by atoms with van der Waals surface area (Å²) in [6.07, 6.45) is 0. The van der Waals surface area contributed by atoms with Crippen molar-refractivity contribution in [1.82, 2.24) is 4.98 Å². The molecule has 2 amide bonds. The molecular weight excluding hydrogens is 493 g/mol. The SMILES string of the molecule is O=C(CSc1cccc(NC(=O)c2ccccc2F)c1)Nc1nc(-c2ccc3ccccc3c2)cs1. The van der Waals surface area contributed by atoms with Gasteiger partial charge in [0.15, 0.2) is 5.13 Å². The van der Waals surface area contributed by atoms with E-state index in [1.165, 1.54) is 41.3 Å². The molecule has 5 aromatic rings. The van der Waals surface area contributed by atoms with E-state index in [2.05, 4.69) is 39.9 Å². The zero-order valence-electron chi connectivity index (χ0n) is 18.9. The summed E-state index contributed by atoms with van der Waals surface area (Å²) in [6, 6.07) is 27.2. The van der Waals surface area contributed by atoms with Crippen LogP contribution in [0.1, 0.15) is 10.4 Å². The summed E-state index contributed by atoms with van der Waals surface area (Å²) in [5, 5.41) is 10.3. The zero-order chi connectivity index (χ0) is 24.9. The van der Waals surface area contributed by atoms with Gasteiger partial charge in [-0.3, -0.25) is 9.59 Å². The molecule has 0 unspecified atom stereocenters. The molecule has 0 bridgehead atoms. The van der Waals surface area contributed by atoms with E-state index >= 15 is 0 Å². The maximum atomic E-state index is 13.9. The quantitative estimate of drug-likeness (QED) is 0.228. The van der Waals surface area contributed by atoms with Crippen molar-refractivity contribution in [3.05, 3.63) is 108 Å². The van der Waals surface area contributed by atoms with Crippen molar-refractivity contribution in [3.63, 3.8) is 0 Å². The van der Waals surface area contributed by atoms with Gasteiger partial charge in [-0.25, -0.2) is 9.37 Å². The lowest BCUT2D eigenvalue weighted by Crippen LogP contribution is -2.14. The topological polar surface area (TPSA) is 71.1 Å². The van der Waals surface area contributed by atoms with E-state index in [4.69, 9.17) is 0 Å². The third-order valence-corrected chi connectivity index (χ3v) is 7.13. The number of thiazole rings is 1. The summed E-state index contributed by atoms with van der Waals surface area (Å²) in [5.74, 6) is -1.11. The van der Waals surface area contributed by atoms with Crippen LogP contribution in [-0.4, -0.2) is 22.6 Å². The lowest BCUT2D eigenvalue weighted by atomic mass is 10.1. The molecule has 5 nitrogen and oxygen atoms in total. The first kappa shape index (κ1) is 23.7. The van der Waals surface area contributed by atoms with Gasteiger partial charge in [0.1, 0.15) is 5.82 Å². The van der Waals surface area contributed by atoms with Crippen LogP contribution >= 0.6 is 23.1 Å². The first-order valence-electron chi connectivity index (χ1n) is 11.1. The number of carbonyl (C=O) groups is 2. The number of nitrogens with one attached hydrogen (secondary N) is 2. The second-order valence-corrected chi connectivity index (χ2v) is 9.81. The summed E-state index contributed by atoms with van der Waals surface area (Å²) in [6.45, 7) is 0. The van der Waals surface area contributed by atoms with E-state index in [1.54, 1.807) is 24.3 Å². The molecule has 0 aliphatic rings. The summed E-state index contributed by atoms with van der Waals surface area (Å²) < 4.78 is 13.9. The van der Waals surface area contributed by atoms with Gasteiger partial charge in [-0.2, -0.15) is 0 Å². The van der Waals surface area contributed by atoms with Crippen LogP contribution < -0.4 is 10.6 Å². The van der Waals surface area contributed by atoms with Crippen LogP contribution in [0, 0.1) is 5.82 Å². The molecular formula is C28H20FN3O2S2. The van der Waals surface area contributed by atoms with Crippen LogP contribution in [0.3, 0.4) is 0 Å². The van der Waals surface area contributed by atoms with Crippen LogP contribution in [0.2, 0.25) is 0 Å². The monoisotopic (exact) mass is 513 g/mol. The van der Waals surface area contributed by atoms with E-state index in [9.17, 15) is 14.0 Å². The Morgan fingerprint density at radius 1 is 0.861 bits per heavy atom. The average Bonchev–Trinajstić information content (AvgIpc) is 3.36. The number of benzene rings is 4. The fraction of sp³-hybridized carbons (Fsp3) is 0.0357. The largest absolute Gasteiger partial charge is 0.322 e. The van der Waals surface area contributed by atoms with Crippen molar-refractivity contribution >= 4 is 56.5 Å². The normalized spacial score (nSPS) is 10.8. The molecule has 0 atom stereocenters. The molecule has 1 heterocycles. The second-order valence-electron chi connectivity index (χ2n) is 7.90. The maximum absolute atomic E-state index is 13.9. The summed E-state index contributed by atoms with van der Waals surface area (Å²) in [7, 11) is 0. The van der Waals surface area contributed by atoms with Crippen molar-refractivity contribution in [2.45, 2.75) is 4.90 Å². The van der Waals surface area contributed by atoms with Crippen molar-refractivity contribution in [2.75, 3.05) is 16.4 Å². The van der Waals surface area contributed by atoms with E-state index in [0.29, 0.717) is 10.8 Å². The predicted molar refractivity (Wildman–Crippen MR) is 145 cm³/mol. The Kier molecular flexibility index (Phi) is 7.06. The third-order valence-electron chi connectivity index (χ3n) is 5.38. The van der Waals surface area contributed by atoms with Crippen LogP contribution in [-0.2, 0) is 4.79 Å². The average molecular weight is 514 g/mol. The molecule has 0 radical (unpaired) electrons. The molecule has 4 aromatic carbocycles. The zero-order valence-corrected chi connectivity index (χ0v) is 20.5. The van der Waals surface area contributed by atoms with E-state index in [-0.39, 0.29) is 17.2 Å². The van der Waals surface area contributed by atoms with Gasteiger partial charge < -0.3 is 10.6 Å². The van der Waals surface area contributed by atoms with Gasteiger partial charge in [0, 0.05) is 21.5 Å². The first-order chi connectivity index (χ1) is 17.5. The molecule has 0 aliphatic carbocycles. The van der Waals surface area contributed by atoms with Gasteiger partial charge in [0.25, 0.3) is 5.91 Å². The van der Waals surface area contributed by atoms with Crippen molar-refractivity contribution in [2.24, 2.45) is 0 Å². The summed E-state index contributed by atoms with van der Waals surface area (Å²) >= 11 is 2.71. The third kappa shape index (κ3) is 5.62. The number of amides is 2. The Balaban J connectivity index is 1.18. The number of aromatic nitrogens is 1. The van der Waals surface area contributed by atoms with Crippen molar-refractivity contribution in [1.29, 1.82) is 0 Å². The molecule has 0 aliphatic heterocycles. The van der Waals surface area contributed by atoms with Gasteiger partial charge >= 0.3 is 0 Å². The highest BCUT2D eigenvalue weighted by atomic mass is 32.2. The highest BCUT2D eigenvalue weighted by Gasteiger charge is 2.12. The molecule has 5 rings (SSSR count). The van der Waals surface area contributed by atoms with Crippen LogP contribution in [0.25, 0.3) is 22.0 Å². The summed E-state index contributed by atoms with van der Waals surface area (Å²) in [5.41, 5.74) is 2.30. The van der Waals surface area contributed by atoms with Crippen molar-refractivity contribution in [3.8, 4) is 11.3 Å². The molecule has 0 spiro atoms. The van der Waals surface area contributed by atoms with Gasteiger partial charge in [-0.1, -0.05) is 54.6 Å². The smallest absolute Gasteiger partial charge is 0.258 e. The van der Waals surface area contributed by atoms with Gasteiger partial charge in [-0.05, 0) is 47.2 Å². The van der Waals surface area contributed by atoms with Crippen molar-refractivity contribution < 1.29 is 14.0 Å². The number of carbonyl (C=O) groups excluding carboxylic acids is 2. The van der Waals surface area contributed by atoms with Gasteiger partial charge in [0.05, 0.1) is 17.0 Å². The molecule has 178 valence electrons. The minimum atomic E-state index is -0.580.